The van der Waals surface area contributed by atoms with Crippen molar-refractivity contribution in [3.8, 4) is 0 Å². The van der Waals surface area contributed by atoms with Crippen LogP contribution in [0.5, 0.6) is 0 Å². The lowest BCUT2D eigenvalue weighted by molar-refractivity contribution is -0.157. The van der Waals surface area contributed by atoms with Gasteiger partial charge < -0.3 is 39.0 Å². The van der Waals surface area contributed by atoms with Gasteiger partial charge in [-0.3, -0.25) is 29.0 Å². The topological polar surface area (TPSA) is 227 Å². The zero-order valence-corrected chi connectivity index (χ0v) is 47.4. The summed E-state index contributed by atoms with van der Waals surface area (Å²) < 4.78 is 22.8. The van der Waals surface area contributed by atoms with Gasteiger partial charge in [0.15, 0.2) is 0 Å². The Bertz CT molecular complexity index is 2630. The molecule has 2 fully saturated rings. The highest BCUT2D eigenvalue weighted by Gasteiger charge is 2.49. The molecule has 79 heavy (non-hydrogen) atoms. The van der Waals surface area contributed by atoms with Gasteiger partial charge in [0, 0.05) is 44.4 Å². The first-order valence-electron chi connectivity index (χ1n) is 27.6. The summed E-state index contributed by atoms with van der Waals surface area (Å²) in [5, 5.41) is 19.8. The first kappa shape index (κ1) is 61.7. The minimum atomic E-state index is -1.16. The van der Waals surface area contributed by atoms with Gasteiger partial charge in [0.1, 0.15) is 24.3 Å². The minimum Gasteiger partial charge on any atom is -0.480 e. The lowest BCUT2D eigenvalue weighted by Gasteiger charge is -2.34. The van der Waals surface area contributed by atoms with E-state index in [1.54, 1.807) is 9.80 Å². The monoisotopic (exact) mass is 1100 g/mol. The fourth-order valence-electron chi connectivity index (χ4n) is 11.4. The van der Waals surface area contributed by atoms with Gasteiger partial charge in [-0.2, -0.15) is 0 Å². The molecular weight excluding hydrogens is 1010 g/mol. The number of amides is 4. The second-order valence-electron chi connectivity index (χ2n) is 26.0. The molecule has 0 aromatic heterocycles. The van der Waals surface area contributed by atoms with Crippen molar-refractivity contribution in [3.05, 3.63) is 81.9 Å². The maximum atomic E-state index is 13.7. The molecule has 6 atom stereocenters. The van der Waals surface area contributed by atoms with Gasteiger partial charge in [-0.1, -0.05) is 132 Å². The highest BCUT2D eigenvalue weighted by Crippen LogP contribution is 2.38. The molecule has 0 unspecified atom stereocenters. The third kappa shape index (κ3) is 15.5. The Morgan fingerprint density at radius 1 is 0.582 bits per heavy atom. The third-order valence-electron chi connectivity index (χ3n) is 16.3. The number of ether oxygens (including phenoxy) is 4. The molecule has 6 aliphatic rings. The van der Waals surface area contributed by atoms with Gasteiger partial charge in [0.2, 0.25) is 11.8 Å². The Balaban J connectivity index is 0.000000252. The summed E-state index contributed by atoms with van der Waals surface area (Å²) in [5.41, 5.74) is 5.02. The van der Waals surface area contributed by atoms with Crippen LogP contribution in [0.25, 0.3) is 0 Å². The van der Waals surface area contributed by atoms with Crippen LogP contribution in [0.1, 0.15) is 161 Å². The van der Waals surface area contributed by atoms with Crippen LogP contribution < -0.4 is 0 Å². The second-order valence-corrected chi connectivity index (χ2v) is 26.0. The molecule has 0 saturated carbocycles. The summed E-state index contributed by atoms with van der Waals surface area (Å²) in [7, 11) is 0. The lowest BCUT2D eigenvalue weighted by Crippen LogP contribution is -2.47. The van der Waals surface area contributed by atoms with Crippen molar-refractivity contribution in [1.82, 2.24) is 19.6 Å². The van der Waals surface area contributed by atoms with E-state index < -0.39 is 94.8 Å². The zero-order valence-electron chi connectivity index (χ0n) is 47.4. The molecule has 8 rings (SSSR count). The Morgan fingerprint density at radius 2 is 1.01 bits per heavy atom. The molecular formula is C61H86N4O14. The van der Waals surface area contributed by atoms with E-state index in [1.807, 2.05) is 79.7 Å². The Morgan fingerprint density at radius 3 is 1.47 bits per heavy atom. The number of carboxylic acid groups (broad SMARTS) is 2. The van der Waals surface area contributed by atoms with E-state index in [-0.39, 0.29) is 70.2 Å². The minimum absolute atomic E-state index is 0. The van der Waals surface area contributed by atoms with Crippen LogP contribution in [0.3, 0.4) is 0 Å². The van der Waals surface area contributed by atoms with Crippen LogP contribution in [0.2, 0.25) is 0 Å². The van der Waals surface area contributed by atoms with Gasteiger partial charge in [-0.25, -0.2) is 19.2 Å². The number of esters is 2. The molecule has 6 heterocycles. The lowest BCUT2D eigenvalue weighted by atomic mass is 9.77. The molecule has 8 bridgehead atoms. The van der Waals surface area contributed by atoms with Crippen LogP contribution in [-0.2, 0) is 86.7 Å². The van der Waals surface area contributed by atoms with E-state index in [4.69, 9.17) is 18.9 Å². The van der Waals surface area contributed by atoms with Crippen LogP contribution in [0, 0.1) is 33.5 Å². The fraction of sp³-hybridized carbons (Fsp3) is 0.639. The van der Waals surface area contributed by atoms with Crippen molar-refractivity contribution >= 4 is 47.9 Å². The predicted octanol–water partition coefficient (Wildman–Crippen LogP) is 9.49. The molecule has 6 aliphatic heterocycles. The summed E-state index contributed by atoms with van der Waals surface area (Å²) >= 11 is 0. The highest BCUT2D eigenvalue weighted by atomic mass is 16.6. The summed E-state index contributed by atoms with van der Waals surface area (Å²) in [4.78, 5) is 110. The van der Waals surface area contributed by atoms with Crippen molar-refractivity contribution in [2.45, 2.75) is 191 Å². The van der Waals surface area contributed by atoms with Crippen LogP contribution >= 0.6 is 0 Å². The summed E-state index contributed by atoms with van der Waals surface area (Å²) in [6.45, 7) is 21.4. The number of rotatable bonds is 2. The van der Waals surface area contributed by atoms with Gasteiger partial charge in [-0.05, 0) is 81.7 Å². The number of carboxylic acids is 2. The Hall–Kier alpha value is -6.46. The first-order valence-corrected chi connectivity index (χ1v) is 27.6. The van der Waals surface area contributed by atoms with Crippen LogP contribution in [-0.4, -0.2) is 128 Å². The molecule has 0 spiro atoms. The smallest absolute Gasteiger partial charge is 0.410 e. The maximum absolute atomic E-state index is 13.7. The number of benzene rings is 2. The number of aliphatic carboxylic acids is 2. The van der Waals surface area contributed by atoms with E-state index >= 15 is 0 Å². The molecule has 2 saturated heterocycles. The fourth-order valence-corrected chi connectivity index (χ4v) is 11.4. The number of nitrogens with zero attached hydrogens (tertiary/aromatic N) is 4. The summed E-state index contributed by atoms with van der Waals surface area (Å²) in [5.74, 6) is -5.73. The standard InChI is InChI=1S/C30H42N2O7.C30H40N2O7.CH4/c2*1-29(2,3)23-14-25(33)38-18-30(4,5)12-7-6-9-19-10-8-11-20-15-31(17-22(19)20)28(37)39-21-13-24(27(35)36)32(16-21)26(23)34;/h8,10-11,21,23-24H,6-7,9,12-18H2,1-5H3,(H,35,36);6-8,10-11,21,23-24H,9,12-18H2,1-5H3,(H,35,36);1H4/t2*21-,23-,24+;/m11./s1. The average Bonchev–Trinajstić information content (AvgIpc) is 4.27. The molecule has 2 aromatic carbocycles. The van der Waals surface area contributed by atoms with E-state index in [2.05, 4.69) is 38.1 Å². The number of hydrogen-bond donors (Lipinski definition) is 2. The normalized spacial score (nSPS) is 26.2. The number of carbonyl (C=O) groups excluding carboxylic acids is 6. The predicted molar refractivity (Wildman–Crippen MR) is 294 cm³/mol. The number of cyclic esters (lactones) is 2. The van der Waals surface area contributed by atoms with Crippen molar-refractivity contribution in [2.24, 2.45) is 33.5 Å². The van der Waals surface area contributed by atoms with Crippen LogP contribution in [0.4, 0.5) is 9.59 Å². The van der Waals surface area contributed by atoms with Gasteiger partial charge in [0.25, 0.3) is 0 Å². The Kier molecular flexibility index (Phi) is 19.5. The number of aryl methyl sites for hydroxylation is 1. The van der Waals surface area contributed by atoms with Crippen molar-refractivity contribution in [3.63, 3.8) is 0 Å². The molecule has 18 nitrogen and oxygen atoms in total. The quantitative estimate of drug-likeness (QED) is 0.162. The van der Waals surface area contributed by atoms with Gasteiger partial charge >= 0.3 is 36.1 Å². The number of allylic oxidation sites excluding steroid dienone is 2. The first-order chi connectivity index (χ1) is 36.5. The second kappa shape index (κ2) is 24.9. The molecule has 434 valence electrons. The zero-order chi connectivity index (χ0) is 57.1. The van der Waals surface area contributed by atoms with Crippen molar-refractivity contribution in [1.29, 1.82) is 0 Å². The van der Waals surface area contributed by atoms with Crippen molar-refractivity contribution in [2.75, 3.05) is 26.3 Å². The van der Waals surface area contributed by atoms with Crippen molar-refractivity contribution < 1.29 is 67.5 Å². The summed E-state index contributed by atoms with van der Waals surface area (Å²) in [6, 6.07) is 9.93. The van der Waals surface area contributed by atoms with E-state index in [9.17, 15) is 48.6 Å². The third-order valence-corrected chi connectivity index (χ3v) is 16.3. The van der Waals surface area contributed by atoms with E-state index in [0.29, 0.717) is 32.6 Å². The molecule has 2 aromatic rings. The average molecular weight is 1100 g/mol. The number of fused-ring (bicyclic) bond motifs is 6. The maximum Gasteiger partial charge on any atom is 0.410 e. The van der Waals surface area contributed by atoms with Gasteiger partial charge in [-0.15, -0.1) is 0 Å². The molecule has 0 aliphatic carbocycles. The SMILES string of the molecule is C.CC1(C)CC=CCc2cccc3c2CN(C3)C(=O)O[C@@H]2C[C@@H](C(=O)O)N(C2)C(=O)[C@H](C(C)(C)C)CC(=O)OC1.CC1(C)CCCCc2cccc3c2CN(C3)C(=O)O[C@@H]2C[C@@H](C(=O)O)N(C2)C(=O)[C@H](C(C)(C)C)CC(=O)OC1. The van der Waals surface area contributed by atoms with E-state index in [1.165, 1.54) is 15.4 Å². The largest absolute Gasteiger partial charge is 0.480 e. The number of carbonyl (C=O) groups is 8. The van der Waals surface area contributed by atoms with Gasteiger partial charge in [0.05, 0.1) is 51.0 Å². The molecule has 18 heteroatoms. The van der Waals surface area contributed by atoms with Crippen LogP contribution in [0.15, 0.2) is 48.6 Å². The molecule has 0 radical (unpaired) electrons. The molecule has 4 amide bonds. The Labute approximate surface area is 466 Å². The number of hydrogen-bond acceptors (Lipinski definition) is 12. The highest BCUT2D eigenvalue weighted by molar-refractivity contribution is 5.90. The molecule has 2 N–H and O–H groups in total. The van der Waals surface area contributed by atoms with E-state index in [0.717, 1.165) is 59.9 Å². The summed E-state index contributed by atoms with van der Waals surface area (Å²) in [6.07, 6.45) is 6.51.